The first kappa shape index (κ1) is 18.4. The average Bonchev–Trinajstić information content (AvgIpc) is 2.48. The minimum atomic E-state index is -2.71. The van der Waals surface area contributed by atoms with Gasteiger partial charge in [-0.05, 0) is 26.3 Å². The number of ether oxygens (including phenoxy) is 1. The monoisotopic (exact) mass is 350 g/mol. The normalized spacial score (nSPS) is 22.3. The molecule has 1 unspecified atom stereocenters. The second kappa shape index (κ2) is 7.27. The molecule has 7 heteroatoms. The Bertz CT molecular complexity index is 665. The van der Waals surface area contributed by atoms with Crippen molar-refractivity contribution in [3.8, 4) is 0 Å². The summed E-state index contributed by atoms with van der Waals surface area (Å²) in [6, 6.07) is 9.19. The summed E-state index contributed by atoms with van der Waals surface area (Å²) in [7, 11) is 0. The number of allylic oxidation sites excluding steroid dienone is 1. The predicted molar refractivity (Wildman–Crippen MR) is 88.0 cm³/mol. The van der Waals surface area contributed by atoms with E-state index in [1.54, 1.807) is 26.8 Å². The maximum absolute atomic E-state index is 12.5. The summed E-state index contributed by atoms with van der Waals surface area (Å²) in [4.78, 5) is 24.7. The zero-order valence-corrected chi connectivity index (χ0v) is 14.6. The first-order valence-corrected chi connectivity index (χ1v) is 8.60. The molecule has 0 aliphatic carbocycles. The number of benzene rings is 1. The molecule has 1 aromatic carbocycles. The zero-order valence-electron chi connectivity index (χ0n) is 13.8. The Balaban J connectivity index is 2.30. The smallest absolute Gasteiger partial charge is 0.307 e. The van der Waals surface area contributed by atoms with Crippen molar-refractivity contribution in [1.82, 2.24) is 4.31 Å². The van der Waals surface area contributed by atoms with Crippen LogP contribution in [-0.2, 0) is 25.6 Å². The Morgan fingerprint density at radius 1 is 1.29 bits per heavy atom. The highest BCUT2D eigenvalue weighted by Crippen LogP contribution is 2.34. The van der Waals surface area contributed by atoms with Gasteiger partial charge < -0.3 is 9.29 Å². The summed E-state index contributed by atoms with van der Waals surface area (Å²) < 4.78 is 28.3. The number of rotatable bonds is 4. The Hall–Kier alpha value is -1.99. The van der Waals surface area contributed by atoms with Crippen LogP contribution in [0.3, 0.4) is 0 Å². The molecule has 1 aromatic rings. The van der Waals surface area contributed by atoms with Gasteiger partial charge in [0.1, 0.15) is 5.60 Å². The number of hydrogen-bond donors (Lipinski definition) is 0. The van der Waals surface area contributed by atoms with Crippen LogP contribution in [0.1, 0.15) is 38.7 Å². The van der Waals surface area contributed by atoms with Crippen LogP contribution in [0.15, 0.2) is 42.6 Å². The molecular formula is C17H20NO5S-. The van der Waals surface area contributed by atoms with Crippen molar-refractivity contribution in [2.75, 3.05) is 0 Å². The molecule has 0 bridgehead atoms. The number of esters is 1. The van der Waals surface area contributed by atoms with Crippen LogP contribution in [0.25, 0.3) is 0 Å². The van der Waals surface area contributed by atoms with Gasteiger partial charge >= 0.3 is 5.97 Å². The van der Waals surface area contributed by atoms with E-state index >= 15 is 0 Å². The lowest BCUT2D eigenvalue weighted by Crippen LogP contribution is -2.41. The highest BCUT2D eigenvalue weighted by molar-refractivity contribution is 7.77. The molecule has 1 aliphatic rings. The minimum absolute atomic E-state index is 0.187. The molecule has 24 heavy (non-hydrogen) atoms. The maximum atomic E-state index is 12.5. The van der Waals surface area contributed by atoms with E-state index in [2.05, 4.69) is 0 Å². The minimum Gasteiger partial charge on any atom is -0.755 e. The van der Waals surface area contributed by atoms with E-state index in [0.29, 0.717) is 4.31 Å². The SMILES string of the molecule is CC(C)(C)OC(=O)C[C@@H]1C(=O)N(S(=O)[O-])C=C[C@@H]1c1ccccc1. The molecule has 0 radical (unpaired) electrons. The summed E-state index contributed by atoms with van der Waals surface area (Å²) in [6.07, 6.45) is 2.67. The Morgan fingerprint density at radius 3 is 2.46 bits per heavy atom. The molecule has 0 spiro atoms. The van der Waals surface area contributed by atoms with E-state index in [9.17, 15) is 18.4 Å². The van der Waals surface area contributed by atoms with Gasteiger partial charge in [-0.15, -0.1) is 0 Å². The molecule has 6 nitrogen and oxygen atoms in total. The van der Waals surface area contributed by atoms with Gasteiger partial charge in [0.25, 0.3) is 0 Å². The topological polar surface area (TPSA) is 86.7 Å². The summed E-state index contributed by atoms with van der Waals surface area (Å²) in [6.45, 7) is 5.21. The zero-order chi connectivity index (χ0) is 17.9. The molecule has 2 rings (SSSR count). The highest BCUT2D eigenvalue weighted by atomic mass is 32.2. The molecule has 0 aromatic heterocycles. The van der Waals surface area contributed by atoms with E-state index in [1.807, 2.05) is 30.3 Å². The summed E-state index contributed by atoms with van der Waals surface area (Å²) in [5.74, 6) is -2.38. The van der Waals surface area contributed by atoms with Crippen LogP contribution in [0.2, 0.25) is 0 Å². The fourth-order valence-corrected chi connectivity index (χ4v) is 3.07. The summed E-state index contributed by atoms with van der Waals surface area (Å²) in [5, 5.41) is 0. The summed E-state index contributed by atoms with van der Waals surface area (Å²) in [5.41, 5.74) is 0.167. The standard InChI is InChI=1S/C17H21NO5S/c1-17(2,3)23-15(19)11-14-13(12-7-5-4-6-8-12)9-10-18(16(14)20)24(21)22/h4-10,13-14H,11H2,1-3H3,(H,21,22)/p-1/t13-,14+/m1/s1. The van der Waals surface area contributed by atoms with E-state index in [4.69, 9.17) is 4.74 Å². The first-order chi connectivity index (χ1) is 11.2. The van der Waals surface area contributed by atoms with Gasteiger partial charge in [-0.1, -0.05) is 36.4 Å². The van der Waals surface area contributed by atoms with Crippen LogP contribution in [-0.4, -0.2) is 30.5 Å². The van der Waals surface area contributed by atoms with Crippen LogP contribution in [0, 0.1) is 5.92 Å². The molecule has 0 N–H and O–H groups in total. The third-order valence-corrected chi connectivity index (χ3v) is 4.17. The van der Waals surface area contributed by atoms with Crippen molar-refractivity contribution in [2.24, 2.45) is 5.92 Å². The average molecular weight is 350 g/mol. The van der Waals surface area contributed by atoms with Gasteiger partial charge in [0.2, 0.25) is 5.91 Å². The van der Waals surface area contributed by atoms with Crippen LogP contribution >= 0.6 is 0 Å². The van der Waals surface area contributed by atoms with E-state index in [1.165, 1.54) is 6.20 Å². The lowest BCUT2D eigenvalue weighted by molar-refractivity contribution is -0.158. The number of nitrogens with zero attached hydrogens (tertiary/aromatic N) is 1. The molecule has 0 saturated carbocycles. The van der Waals surface area contributed by atoms with Gasteiger partial charge in [0, 0.05) is 12.1 Å². The van der Waals surface area contributed by atoms with Crippen molar-refractivity contribution in [3.63, 3.8) is 0 Å². The molecule has 1 amide bonds. The lowest BCUT2D eigenvalue weighted by Gasteiger charge is -2.34. The second-order valence-electron chi connectivity index (χ2n) is 6.56. The Labute approximate surface area is 143 Å². The van der Waals surface area contributed by atoms with Gasteiger partial charge in [-0.3, -0.25) is 13.8 Å². The van der Waals surface area contributed by atoms with Gasteiger partial charge in [0.15, 0.2) is 0 Å². The fourth-order valence-electron chi connectivity index (χ4n) is 2.61. The van der Waals surface area contributed by atoms with E-state index in [-0.39, 0.29) is 12.3 Å². The predicted octanol–water partition coefficient (Wildman–Crippen LogP) is 2.27. The van der Waals surface area contributed by atoms with Gasteiger partial charge in [-0.2, -0.15) is 0 Å². The van der Waals surface area contributed by atoms with Gasteiger partial charge in [0.05, 0.1) is 23.6 Å². The molecule has 1 heterocycles. The van der Waals surface area contributed by atoms with Crippen LogP contribution < -0.4 is 0 Å². The first-order valence-electron chi connectivity index (χ1n) is 7.56. The number of carbonyl (C=O) groups is 2. The molecule has 3 atom stereocenters. The van der Waals surface area contributed by atoms with Crippen molar-refractivity contribution in [2.45, 2.75) is 38.7 Å². The van der Waals surface area contributed by atoms with Crippen LogP contribution in [0.5, 0.6) is 0 Å². The number of carbonyl (C=O) groups excluding carboxylic acids is 2. The van der Waals surface area contributed by atoms with Gasteiger partial charge in [-0.25, -0.2) is 4.31 Å². The third kappa shape index (κ3) is 4.52. The molecule has 0 saturated heterocycles. The molecule has 1 aliphatic heterocycles. The molecule has 130 valence electrons. The lowest BCUT2D eigenvalue weighted by atomic mass is 9.81. The van der Waals surface area contributed by atoms with Crippen molar-refractivity contribution >= 4 is 23.1 Å². The molecule has 0 fully saturated rings. The fraction of sp³-hybridized carbons (Fsp3) is 0.412. The highest BCUT2D eigenvalue weighted by Gasteiger charge is 2.37. The summed E-state index contributed by atoms with van der Waals surface area (Å²) >= 11 is -2.71. The number of amides is 1. The van der Waals surface area contributed by atoms with Crippen molar-refractivity contribution in [3.05, 3.63) is 48.2 Å². The Morgan fingerprint density at radius 2 is 1.92 bits per heavy atom. The second-order valence-corrected chi connectivity index (χ2v) is 7.38. The maximum Gasteiger partial charge on any atom is 0.307 e. The number of hydrogen-bond acceptors (Lipinski definition) is 5. The largest absolute Gasteiger partial charge is 0.755 e. The van der Waals surface area contributed by atoms with E-state index in [0.717, 1.165) is 5.56 Å². The van der Waals surface area contributed by atoms with Crippen molar-refractivity contribution < 1.29 is 23.1 Å². The quantitative estimate of drug-likeness (QED) is 0.614. The van der Waals surface area contributed by atoms with E-state index < -0.39 is 34.7 Å². The molecular weight excluding hydrogens is 330 g/mol. The van der Waals surface area contributed by atoms with Crippen molar-refractivity contribution in [1.29, 1.82) is 0 Å². The third-order valence-electron chi connectivity index (χ3n) is 3.55. The Kier molecular flexibility index (Phi) is 5.56. The van der Waals surface area contributed by atoms with Crippen LogP contribution in [0.4, 0.5) is 0 Å².